The molecule has 0 unspecified atom stereocenters. The predicted octanol–water partition coefficient (Wildman–Crippen LogP) is 4.37. The van der Waals surface area contributed by atoms with Gasteiger partial charge in [0, 0.05) is 5.41 Å². The van der Waals surface area contributed by atoms with Gasteiger partial charge >= 0.3 is 0 Å². The highest BCUT2D eigenvalue weighted by atomic mass is 16.3. The number of rotatable bonds is 1. The lowest BCUT2D eigenvalue weighted by Gasteiger charge is -2.56. The molecule has 0 amide bonds. The van der Waals surface area contributed by atoms with E-state index in [1.807, 2.05) is 0 Å². The first-order chi connectivity index (χ1) is 13.0. The van der Waals surface area contributed by atoms with Crippen molar-refractivity contribution >= 4 is 6.29 Å². The van der Waals surface area contributed by atoms with Gasteiger partial charge in [0.15, 0.2) is 0 Å². The smallest absolute Gasteiger partial charge is 0.130 e. The van der Waals surface area contributed by atoms with Crippen LogP contribution in [-0.4, -0.2) is 28.7 Å². The van der Waals surface area contributed by atoms with Gasteiger partial charge in [-0.1, -0.05) is 46.3 Å². The van der Waals surface area contributed by atoms with Crippen LogP contribution in [0.2, 0.25) is 0 Å². The van der Waals surface area contributed by atoms with Crippen LogP contribution in [0, 0.1) is 51.2 Å². The van der Waals surface area contributed by atoms with Gasteiger partial charge in [-0.15, -0.1) is 0 Å². The van der Waals surface area contributed by atoms with Crippen LogP contribution < -0.4 is 0 Å². The van der Waals surface area contributed by atoms with Crippen LogP contribution in [0.15, 0.2) is 11.6 Å². The van der Waals surface area contributed by atoms with Crippen molar-refractivity contribution in [2.24, 2.45) is 51.2 Å². The Hall–Kier alpha value is -0.670. The largest absolute Gasteiger partial charge is 0.393 e. The molecule has 2 N–H and O–H groups in total. The fourth-order valence-corrected chi connectivity index (χ4v) is 9.41. The van der Waals surface area contributed by atoms with Gasteiger partial charge in [-0.3, -0.25) is 0 Å². The van der Waals surface area contributed by atoms with Gasteiger partial charge in [0.05, 0.1) is 12.2 Å². The number of aldehydes is 1. The molecule has 0 aromatic carbocycles. The van der Waals surface area contributed by atoms with Crippen molar-refractivity contribution < 1.29 is 15.0 Å². The van der Waals surface area contributed by atoms with E-state index < -0.39 is 5.41 Å². The van der Waals surface area contributed by atoms with Crippen molar-refractivity contribution in [1.82, 2.24) is 0 Å². The van der Waals surface area contributed by atoms with Crippen LogP contribution in [0.4, 0.5) is 0 Å². The predicted molar refractivity (Wildman–Crippen MR) is 109 cm³/mol. The van der Waals surface area contributed by atoms with E-state index in [2.05, 4.69) is 40.7 Å². The molecule has 5 aliphatic rings. The second kappa shape index (κ2) is 5.52. The first kappa shape index (κ1) is 19.3. The molecule has 0 aromatic rings. The highest BCUT2D eigenvalue weighted by molar-refractivity contribution is 5.67. The van der Waals surface area contributed by atoms with Crippen molar-refractivity contribution in [2.45, 2.75) is 85.4 Å². The van der Waals surface area contributed by atoms with Crippen molar-refractivity contribution in [2.75, 3.05) is 0 Å². The van der Waals surface area contributed by atoms with E-state index in [1.165, 1.54) is 18.3 Å². The quantitative estimate of drug-likeness (QED) is 0.520. The molecule has 3 nitrogen and oxygen atoms in total. The molecule has 0 saturated heterocycles. The van der Waals surface area contributed by atoms with E-state index in [9.17, 15) is 15.0 Å². The lowest BCUT2D eigenvalue weighted by Crippen LogP contribution is -2.54. The normalized spacial score (nSPS) is 59.1. The van der Waals surface area contributed by atoms with Crippen molar-refractivity contribution in [3.05, 3.63) is 11.6 Å². The van der Waals surface area contributed by atoms with Crippen LogP contribution >= 0.6 is 0 Å². The molecule has 4 saturated carbocycles. The van der Waals surface area contributed by atoms with Gasteiger partial charge in [-0.25, -0.2) is 0 Å². The van der Waals surface area contributed by atoms with Crippen molar-refractivity contribution in [3.63, 3.8) is 0 Å². The minimum Gasteiger partial charge on any atom is -0.393 e. The van der Waals surface area contributed by atoms with Crippen LogP contribution in [-0.2, 0) is 4.79 Å². The number of aliphatic hydroxyl groups is 2. The molecule has 10 atom stereocenters. The van der Waals surface area contributed by atoms with Gasteiger partial charge in [-0.05, 0) is 84.4 Å². The first-order valence-corrected chi connectivity index (χ1v) is 11.6. The molecule has 0 aromatic heterocycles. The third kappa shape index (κ3) is 2.01. The SMILES string of the molecule is C[C@@H]1CC[C@H]2[C@H](O)C[C@H]3C(=C[C@]4(C=O)CC[C@@]5(C)[C@H](O)CC(C)(C)[C@H]5[C@H]34)[C@@]12C. The molecule has 0 heterocycles. The maximum atomic E-state index is 12.7. The number of aliphatic hydroxyl groups excluding tert-OH is 2. The number of carbonyl (C=O) groups is 1. The molecular weight excluding hydrogens is 348 g/mol. The highest BCUT2D eigenvalue weighted by Crippen LogP contribution is 2.74. The molecule has 0 spiro atoms. The summed E-state index contributed by atoms with van der Waals surface area (Å²) < 4.78 is 0. The highest BCUT2D eigenvalue weighted by Gasteiger charge is 2.70. The summed E-state index contributed by atoms with van der Waals surface area (Å²) >= 11 is 0. The number of allylic oxidation sites excluding steroid dienone is 2. The van der Waals surface area contributed by atoms with E-state index >= 15 is 0 Å². The standard InChI is InChI=1S/C25H38O3/c1-14-6-7-16-18(27)10-15-17(24(14,16)5)11-25(13-26)9-8-23(4)19(28)12-22(2,3)21(23)20(15)25/h11,13-16,18-21,27-28H,6-10,12H2,1-5H3/t14-,15+,16+,18-,19-,20+,21-,23+,24+,25+/m1/s1. The summed E-state index contributed by atoms with van der Waals surface area (Å²) in [7, 11) is 0. The molecule has 0 bridgehead atoms. The molecule has 0 radical (unpaired) electrons. The Morgan fingerprint density at radius 3 is 2.50 bits per heavy atom. The Bertz CT molecular complexity index is 740. The van der Waals surface area contributed by atoms with Crippen LogP contribution in [0.3, 0.4) is 0 Å². The van der Waals surface area contributed by atoms with E-state index in [-0.39, 0.29) is 40.3 Å². The Morgan fingerprint density at radius 2 is 1.82 bits per heavy atom. The Kier molecular flexibility index (Phi) is 3.80. The summed E-state index contributed by atoms with van der Waals surface area (Å²) in [4.78, 5) is 12.7. The summed E-state index contributed by atoms with van der Waals surface area (Å²) in [5.41, 5.74) is 1.01. The third-order valence-electron chi connectivity index (χ3n) is 10.9. The van der Waals surface area contributed by atoms with Gasteiger partial charge < -0.3 is 15.0 Å². The van der Waals surface area contributed by atoms with Gasteiger partial charge in [0.1, 0.15) is 6.29 Å². The fourth-order valence-electron chi connectivity index (χ4n) is 9.41. The lowest BCUT2D eigenvalue weighted by molar-refractivity contribution is -0.133. The molecule has 28 heavy (non-hydrogen) atoms. The molecule has 0 aliphatic heterocycles. The van der Waals surface area contributed by atoms with Crippen molar-refractivity contribution in [1.29, 1.82) is 0 Å². The number of hydrogen-bond donors (Lipinski definition) is 2. The molecule has 3 heteroatoms. The Balaban J connectivity index is 1.68. The van der Waals surface area contributed by atoms with Gasteiger partial charge in [0.2, 0.25) is 0 Å². The molecule has 5 aliphatic carbocycles. The summed E-state index contributed by atoms with van der Waals surface area (Å²) in [6, 6.07) is 0. The molecular formula is C25H38O3. The number of hydrogen-bond acceptors (Lipinski definition) is 3. The Morgan fingerprint density at radius 1 is 1.11 bits per heavy atom. The average Bonchev–Trinajstić information content (AvgIpc) is 3.17. The van der Waals surface area contributed by atoms with E-state index in [4.69, 9.17) is 0 Å². The second-order valence-corrected chi connectivity index (χ2v) is 12.3. The van der Waals surface area contributed by atoms with Crippen LogP contribution in [0.25, 0.3) is 0 Å². The van der Waals surface area contributed by atoms with Crippen LogP contribution in [0.1, 0.15) is 73.1 Å². The minimum absolute atomic E-state index is 0.0147. The summed E-state index contributed by atoms with van der Waals surface area (Å²) in [6.45, 7) is 11.6. The minimum atomic E-state index is -0.397. The maximum Gasteiger partial charge on any atom is 0.130 e. The van der Waals surface area contributed by atoms with Gasteiger partial charge in [0.25, 0.3) is 0 Å². The molecule has 5 rings (SSSR count). The van der Waals surface area contributed by atoms with E-state index in [0.29, 0.717) is 17.8 Å². The second-order valence-electron chi connectivity index (χ2n) is 12.3. The van der Waals surface area contributed by atoms with E-state index in [0.717, 1.165) is 32.1 Å². The van der Waals surface area contributed by atoms with Crippen LogP contribution in [0.5, 0.6) is 0 Å². The van der Waals surface area contributed by atoms with E-state index in [1.54, 1.807) is 0 Å². The monoisotopic (exact) mass is 386 g/mol. The summed E-state index contributed by atoms with van der Waals surface area (Å²) in [5, 5.41) is 22.2. The maximum absolute atomic E-state index is 12.7. The topological polar surface area (TPSA) is 57.5 Å². The number of carbonyl (C=O) groups excluding carboxylic acids is 1. The zero-order valence-electron chi connectivity index (χ0n) is 18.2. The summed E-state index contributed by atoms with van der Waals surface area (Å²) in [5.74, 6) is 1.72. The molecule has 156 valence electrons. The zero-order valence-corrected chi connectivity index (χ0v) is 18.2. The lowest BCUT2D eigenvalue weighted by atomic mass is 9.48. The zero-order chi connectivity index (χ0) is 20.3. The van der Waals surface area contributed by atoms with Gasteiger partial charge in [-0.2, -0.15) is 0 Å². The third-order valence-corrected chi connectivity index (χ3v) is 10.9. The first-order valence-electron chi connectivity index (χ1n) is 11.6. The summed E-state index contributed by atoms with van der Waals surface area (Å²) in [6.07, 6.45) is 8.78. The molecule has 4 fully saturated rings. The average molecular weight is 387 g/mol. The fraction of sp³-hybridized carbons (Fsp3) is 0.880. The Labute approximate surface area is 170 Å². The van der Waals surface area contributed by atoms with Crippen molar-refractivity contribution in [3.8, 4) is 0 Å². The number of fused-ring (bicyclic) bond motifs is 7.